The summed E-state index contributed by atoms with van der Waals surface area (Å²) in [5, 5.41) is 2.97. The molecule has 0 aliphatic heterocycles. The molecule has 0 aromatic rings. The fourth-order valence-electron chi connectivity index (χ4n) is 0.972. The Labute approximate surface area is 85.6 Å². The Balaban J connectivity index is 3.18. The first kappa shape index (κ1) is 12.6. The van der Waals surface area contributed by atoms with E-state index in [9.17, 15) is 0 Å². The Morgan fingerprint density at radius 2 is 2.15 bits per heavy atom. The van der Waals surface area contributed by atoms with Crippen LogP contribution in [0.1, 0.15) is 26.2 Å². The maximum atomic E-state index is 5.56. The molecular weight excluding hydrogens is 182 g/mol. The maximum absolute atomic E-state index is 5.56. The maximum Gasteiger partial charge on any atom is 0.188 e. The molecular formula is C9H21N3S. The first-order chi connectivity index (χ1) is 6.31. The topological polar surface area (TPSA) is 50.4 Å². The highest BCUT2D eigenvalue weighted by Crippen LogP contribution is 2.01. The summed E-state index contributed by atoms with van der Waals surface area (Å²) in [5.41, 5.74) is 5.56. The van der Waals surface area contributed by atoms with E-state index in [0.29, 0.717) is 5.96 Å². The van der Waals surface area contributed by atoms with Crippen molar-refractivity contribution in [1.29, 1.82) is 0 Å². The molecule has 0 amide bonds. The van der Waals surface area contributed by atoms with Crippen molar-refractivity contribution in [3.8, 4) is 0 Å². The number of nitrogens with one attached hydrogen (secondary N) is 1. The highest BCUT2D eigenvalue weighted by atomic mass is 32.2. The van der Waals surface area contributed by atoms with Gasteiger partial charge in [0.1, 0.15) is 0 Å². The molecule has 0 saturated carbocycles. The number of unbranched alkanes of at least 4 members (excludes halogenated alkanes) is 2. The van der Waals surface area contributed by atoms with Gasteiger partial charge >= 0.3 is 0 Å². The summed E-state index contributed by atoms with van der Waals surface area (Å²) in [6, 6.07) is 0. The van der Waals surface area contributed by atoms with Crippen LogP contribution in [-0.4, -0.2) is 31.1 Å². The molecule has 0 fully saturated rings. The third-order valence-corrected chi connectivity index (χ3v) is 2.34. The average Bonchev–Trinajstić information content (AvgIpc) is 2.11. The second-order valence-electron chi connectivity index (χ2n) is 2.85. The van der Waals surface area contributed by atoms with Crippen LogP contribution < -0.4 is 11.1 Å². The zero-order chi connectivity index (χ0) is 9.94. The number of rotatable bonds is 7. The molecule has 0 saturated heterocycles. The third kappa shape index (κ3) is 9.53. The first-order valence-corrected chi connectivity index (χ1v) is 6.23. The minimum absolute atomic E-state index is 0.576. The minimum Gasteiger partial charge on any atom is -0.370 e. The molecule has 0 unspecified atom stereocenters. The molecule has 4 heteroatoms. The largest absolute Gasteiger partial charge is 0.370 e. The van der Waals surface area contributed by atoms with Gasteiger partial charge in [-0.1, -0.05) is 6.42 Å². The van der Waals surface area contributed by atoms with Crippen molar-refractivity contribution in [3.63, 3.8) is 0 Å². The molecule has 0 radical (unpaired) electrons. The van der Waals surface area contributed by atoms with Gasteiger partial charge in [0.05, 0.1) is 0 Å². The van der Waals surface area contributed by atoms with Crippen molar-refractivity contribution < 1.29 is 0 Å². The summed E-state index contributed by atoms with van der Waals surface area (Å²) < 4.78 is 0. The molecule has 0 aromatic carbocycles. The number of thioether (sulfide) groups is 1. The molecule has 0 spiro atoms. The lowest BCUT2D eigenvalue weighted by atomic mass is 10.2. The van der Waals surface area contributed by atoms with Crippen molar-refractivity contribution in [2.24, 2.45) is 10.7 Å². The van der Waals surface area contributed by atoms with Crippen LogP contribution in [0.4, 0.5) is 0 Å². The number of guanidine groups is 1. The summed E-state index contributed by atoms with van der Waals surface area (Å²) in [6.07, 6.45) is 5.83. The monoisotopic (exact) mass is 203 g/mol. The van der Waals surface area contributed by atoms with Gasteiger partial charge in [0.2, 0.25) is 0 Å². The van der Waals surface area contributed by atoms with Gasteiger partial charge in [-0.05, 0) is 31.8 Å². The molecule has 0 atom stereocenters. The molecule has 78 valence electrons. The van der Waals surface area contributed by atoms with E-state index in [-0.39, 0.29) is 0 Å². The van der Waals surface area contributed by atoms with Crippen LogP contribution >= 0.6 is 11.8 Å². The molecule has 0 aromatic heterocycles. The van der Waals surface area contributed by atoms with Gasteiger partial charge in [0.25, 0.3) is 0 Å². The van der Waals surface area contributed by atoms with Crippen molar-refractivity contribution in [2.75, 3.05) is 25.1 Å². The van der Waals surface area contributed by atoms with Crippen LogP contribution in [-0.2, 0) is 0 Å². The Morgan fingerprint density at radius 3 is 2.77 bits per heavy atom. The van der Waals surface area contributed by atoms with Gasteiger partial charge in [-0.3, -0.25) is 4.99 Å². The fraction of sp³-hybridized carbons (Fsp3) is 0.889. The van der Waals surface area contributed by atoms with Crippen molar-refractivity contribution in [1.82, 2.24) is 5.32 Å². The third-order valence-electron chi connectivity index (χ3n) is 1.65. The average molecular weight is 203 g/mol. The van der Waals surface area contributed by atoms with E-state index in [0.717, 1.165) is 19.5 Å². The van der Waals surface area contributed by atoms with Crippen LogP contribution in [0.2, 0.25) is 0 Å². The molecule has 0 heterocycles. The summed E-state index contributed by atoms with van der Waals surface area (Å²) >= 11 is 1.90. The lowest BCUT2D eigenvalue weighted by Crippen LogP contribution is -2.31. The SMILES string of the molecule is CCNC(N)=NCCCCCSC. The number of hydrogen-bond donors (Lipinski definition) is 2. The van der Waals surface area contributed by atoms with Crippen LogP contribution in [0, 0.1) is 0 Å². The molecule has 3 nitrogen and oxygen atoms in total. The predicted octanol–water partition coefficient (Wildman–Crippen LogP) is 1.44. The fourth-order valence-corrected chi connectivity index (χ4v) is 1.46. The standard InChI is InChI=1S/C9H21N3S/c1-3-11-9(10)12-7-5-4-6-8-13-2/h3-8H2,1-2H3,(H3,10,11,12). The van der Waals surface area contributed by atoms with Crippen LogP contribution in [0.3, 0.4) is 0 Å². The van der Waals surface area contributed by atoms with Crippen LogP contribution in [0.5, 0.6) is 0 Å². The zero-order valence-electron chi connectivity index (χ0n) is 8.68. The van der Waals surface area contributed by atoms with E-state index >= 15 is 0 Å². The van der Waals surface area contributed by atoms with Gasteiger partial charge in [-0.25, -0.2) is 0 Å². The molecule has 0 aliphatic rings. The minimum atomic E-state index is 0.576. The van der Waals surface area contributed by atoms with E-state index in [2.05, 4.69) is 16.6 Å². The van der Waals surface area contributed by atoms with E-state index in [4.69, 9.17) is 5.73 Å². The highest BCUT2D eigenvalue weighted by Gasteiger charge is 1.89. The van der Waals surface area contributed by atoms with Crippen molar-refractivity contribution in [2.45, 2.75) is 26.2 Å². The zero-order valence-corrected chi connectivity index (χ0v) is 9.49. The van der Waals surface area contributed by atoms with Gasteiger partial charge in [0, 0.05) is 13.1 Å². The molecule has 0 rings (SSSR count). The Bertz CT molecular complexity index is 137. The van der Waals surface area contributed by atoms with Crippen molar-refractivity contribution >= 4 is 17.7 Å². The highest BCUT2D eigenvalue weighted by molar-refractivity contribution is 7.98. The Hall–Kier alpha value is -0.380. The molecule has 3 N–H and O–H groups in total. The summed E-state index contributed by atoms with van der Waals surface area (Å²) in [7, 11) is 0. The van der Waals surface area contributed by atoms with E-state index in [1.165, 1.54) is 18.6 Å². The molecule has 0 aliphatic carbocycles. The van der Waals surface area contributed by atoms with Gasteiger partial charge in [0.15, 0.2) is 5.96 Å². The van der Waals surface area contributed by atoms with E-state index in [1.54, 1.807) is 0 Å². The second-order valence-corrected chi connectivity index (χ2v) is 3.84. The number of hydrogen-bond acceptors (Lipinski definition) is 2. The van der Waals surface area contributed by atoms with Gasteiger partial charge < -0.3 is 11.1 Å². The quantitative estimate of drug-likeness (QED) is 0.374. The summed E-state index contributed by atoms with van der Waals surface area (Å²) in [5.74, 6) is 1.83. The van der Waals surface area contributed by atoms with Crippen LogP contribution in [0.15, 0.2) is 4.99 Å². The smallest absolute Gasteiger partial charge is 0.188 e. The van der Waals surface area contributed by atoms with Crippen molar-refractivity contribution in [3.05, 3.63) is 0 Å². The van der Waals surface area contributed by atoms with Gasteiger partial charge in [-0.2, -0.15) is 11.8 Å². The normalized spacial score (nSPS) is 11.7. The lowest BCUT2D eigenvalue weighted by Gasteiger charge is -2.01. The summed E-state index contributed by atoms with van der Waals surface area (Å²) in [6.45, 7) is 3.72. The molecule has 13 heavy (non-hydrogen) atoms. The number of aliphatic imine (C=N–C) groups is 1. The van der Waals surface area contributed by atoms with E-state index in [1.807, 2.05) is 18.7 Å². The molecule has 0 bridgehead atoms. The predicted molar refractivity (Wildman–Crippen MR) is 62.4 cm³/mol. The summed E-state index contributed by atoms with van der Waals surface area (Å²) in [4.78, 5) is 4.19. The first-order valence-electron chi connectivity index (χ1n) is 4.84. The van der Waals surface area contributed by atoms with Crippen LogP contribution in [0.25, 0.3) is 0 Å². The Morgan fingerprint density at radius 1 is 1.38 bits per heavy atom. The number of nitrogens with zero attached hydrogens (tertiary/aromatic N) is 1. The number of nitrogens with two attached hydrogens (primary N) is 1. The second kappa shape index (κ2) is 9.71. The van der Waals surface area contributed by atoms with Gasteiger partial charge in [-0.15, -0.1) is 0 Å². The van der Waals surface area contributed by atoms with E-state index < -0.39 is 0 Å². The lowest BCUT2D eigenvalue weighted by molar-refractivity contribution is 0.729. The Kier molecular flexibility index (Phi) is 9.42.